The van der Waals surface area contributed by atoms with Crippen LogP contribution in [-0.4, -0.2) is 50.8 Å². The van der Waals surface area contributed by atoms with Crippen molar-refractivity contribution in [3.05, 3.63) is 0 Å². The first kappa shape index (κ1) is 10.4. The molecule has 1 atom stereocenters. The van der Waals surface area contributed by atoms with E-state index in [0.29, 0.717) is 5.41 Å². The highest BCUT2D eigenvalue weighted by Gasteiger charge is 2.30. The molecule has 0 amide bonds. The molecule has 2 rings (SSSR count). The van der Waals surface area contributed by atoms with Gasteiger partial charge in [-0.3, -0.25) is 0 Å². The minimum absolute atomic E-state index is 0.412. The third kappa shape index (κ3) is 2.69. The molecule has 0 spiro atoms. The topological polar surface area (TPSA) is 24.5 Å². The summed E-state index contributed by atoms with van der Waals surface area (Å²) in [4.78, 5) is 2.57. The normalized spacial score (nSPS) is 35.8. The van der Waals surface area contributed by atoms with Crippen LogP contribution in [0.15, 0.2) is 0 Å². The fraction of sp³-hybridized carbons (Fsp3) is 1.00. The van der Waals surface area contributed by atoms with Gasteiger partial charge in [-0.2, -0.15) is 0 Å². The predicted molar refractivity (Wildman–Crippen MR) is 57.5 cm³/mol. The molecule has 2 aliphatic heterocycles. The first-order chi connectivity index (χ1) is 6.79. The minimum Gasteiger partial charge on any atom is -0.381 e. The lowest BCUT2D eigenvalue weighted by Gasteiger charge is -2.39. The van der Waals surface area contributed by atoms with Crippen molar-refractivity contribution in [3.63, 3.8) is 0 Å². The van der Waals surface area contributed by atoms with Gasteiger partial charge in [0.2, 0.25) is 0 Å². The molecule has 2 saturated heterocycles. The fourth-order valence-corrected chi connectivity index (χ4v) is 2.53. The Hall–Kier alpha value is -0.120. The molecular formula is C11H22N2O. The van der Waals surface area contributed by atoms with E-state index in [1.165, 1.54) is 32.5 Å². The smallest absolute Gasteiger partial charge is 0.0532 e. The van der Waals surface area contributed by atoms with Crippen LogP contribution in [0, 0.1) is 5.41 Å². The van der Waals surface area contributed by atoms with E-state index in [0.717, 1.165) is 26.3 Å². The summed E-state index contributed by atoms with van der Waals surface area (Å²) in [7, 11) is 0. The zero-order chi connectivity index (χ0) is 9.86. The quantitative estimate of drug-likeness (QED) is 0.707. The van der Waals surface area contributed by atoms with Gasteiger partial charge in [-0.1, -0.05) is 6.92 Å². The SMILES string of the molecule is CC1(CN2CCNCC2)CCCOC1. The van der Waals surface area contributed by atoms with Crippen LogP contribution in [0.3, 0.4) is 0 Å². The van der Waals surface area contributed by atoms with E-state index in [9.17, 15) is 0 Å². The Morgan fingerprint density at radius 1 is 1.36 bits per heavy atom. The number of ether oxygens (including phenoxy) is 1. The van der Waals surface area contributed by atoms with Crippen LogP contribution in [0.25, 0.3) is 0 Å². The van der Waals surface area contributed by atoms with Crippen LogP contribution in [0.4, 0.5) is 0 Å². The number of hydrogen-bond donors (Lipinski definition) is 1. The summed E-state index contributed by atoms with van der Waals surface area (Å²) in [5.74, 6) is 0. The zero-order valence-corrected chi connectivity index (χ0v) is 9.22. The van der Waals surface area contributed by atoms with E-state index in [2.05, 4.69) is 17.1 Å². The second-order valence-corrected chi connectivity index (χ2v) is 4.99. The zero-order valence-electron chi connectivity index (χ0n) is 9.22. The first-order valence-corrected chi connectivity index (χ1v) is 5.79. The molecule has 2 aliphatic rings. The minimum atomic E-state index is 0.412. The monoisotopic (exact) mass is 198 g/mol. The summed E-state index contributed by atoms with van der Waals surface area (Å²) in [5, 5.41) is 3.39. The third-order valence-electron chi connectivity index (χ3n) is 3.33. The number of nitrogens with one attached hydrogen (secondary N) is 1. The molecule has 2 fully saturated rings. The van der Waals surface area contributed by atoms with Crippen LogP contribution in [-0.2, 0) is 4.74 Å². The van der Waals surface area contributed by atoms with Gasteiger partial charge < -0.3 is 15.0 Å². The van der Waals surface area contributed by atoms with Crippen molar-refractivity contribution in [1.29, 1.82) is 0 Å². The van der Waals surface area contributed by atoms with Crippen molar-refractivity contribution in [2.75, 3.05) is 45.9 Å². The van der Waals surface area contributed by atoms with E-state index < -0.39 is 0 Å². The molecule has 3 nitrogen and oxygen atoms in total. The Bertz CT molecular complexity index is 172. The molecule has 2 heterocycles. The lowest BCUT2D eigenvalue weighted by molar-refractivity contribution is -0.0179. The van der Waals surface area contributed by atoms with Crippen LogP contribution in [0.5, 0.6) is 0 Å². The maximum atomic E-state index is 5.58. The van der Waals surface area contributed by atoms with E-state index in [1.54, 1.807) is 0 Å². The van der Waals surface area contributed by atoms with Crippen molar-refractivity contribution in [2.24, 2.45) is 5.41 Å². The van der Waals surface area contributed by atoms with Gasteiger partial charge in [0.05, 0.1) is 6.61 Å². The molecule has 3 heteroatoms. The van der Waals surface area contributed by atoms with Crippen molar-refractivity contribution in [2.45, 2.75) is 19.8 Å². The summed E-state index contributed by atoms with van der Waals surface area (Å²) in [6.07, 6.45) is 2.57. The number of piperazine rings is 1. The van der Waals surface area contributed by atoms with E-state index in [4.69, 9.17) is 4.74 Å². The third-order valence-corrected chi connectivity index (χ3v) is 3.33. The molecule has 1 N–H and O–H groups in total. The van der Waals surface area contributed by atoms with Gasteiger partial charge in [-0.25, -0.2) is 0 Å². The van der Waals surface area contributed by atoms with Crippen molar-refractivity contribution in [1.82, 2.24) is 10.2 Å². The molecule has 0 aliphatic carbocycles. The molecule has 0 aromatic heterocycles. The number of hydrogen-bond acceptors (Lipinski definition) is 3. The Kier molecular flexibility index (Phi) is 3.42. The summed E-state index contributed by atoms with van der Waals surface area (Å²) >= 11 is 0. The summed E-state index contributed by atoms with van der Waals surface area (Å²) < 4.78 is 5.58. The first-order valence-electron chi connectivity index (χ1n) is 5.79. The van der Waals surface area contributed by atoms with Gasteiger partial charge in [0.25, 0.3) is 0 Å². The summed E-state index contributed by atoms with van der Waals surface area (Å²) in [6.45, 7) is 10.2. The standard InChI is InChI=1S/C11H22N2O/c1-11(3-2-8-14-10-11)9-13-6-4-12-5-7-13/h12H,2-10H2,1H3. The van der Waals surface area contributed by atoms with Gasteiger partial charge in [-0.05, 0) is 12.8 Å². The molecule has 0 aromatic rings. The van der Waals surface area contributed by atoms with E-state index in [1.807, 2.05) is 0 Å². The maximum Gasteiger partial charge on any atom is 0.0532 e. The summed E-state index contributed by atoms with van der Waals surface area (Å²) in [6, 6.07) is 0. The lowest BCUT2D eigenvalue weighted by Crippen LogP contribution is -2.49. The Balaban J connectivity index is 1.81. The highest BCUT2D eigenvalue weighted by atomic mass is 16.5. The molecule has 1 unspecified atom stereocenters. The average molecular weight is 198 g/mol. The largest absolute Gasteiger partial charge is 0.381 e. The molecule has 0 radical (unpaired) electrons. The van der Waals surface area contributed by atoms with Crippen LogP contribution < -0.4 is 5.32 Å². The summed E-state index contributed by atoms with van der Waals surface area (Å²) in [5.41, 5.74) is 0.412. The molecule has 0 saturated carbocycles. The van der Waals surface area contributed by atoms with Gasteiger partial charge in [0.15, 0.2) is 0 Å². The molecule has 0 aromatic carbocycles. The lowest BCUT2D eigenvalue weighted by atomic mass is 9.84. The van der Waals surface area contributed by atoms with Crippen LogP contribution in [0.1, 0.15) is 19.8 Å². The van der Waals surface area contributed by atoms with Crippen molar-refractivity contribution in [3.8, 4) is 0 Å². The molecule has 0 bridgehead atoms. The second-order valence-electron chi connectivity index (χ2n) is 4.99. The molecule has 82 valence electrons. The number of nitrogens with zero attached hydrogens (tertiary/aromatic N) is 1. The van der Waals surface area contributed by atoms with Crippen molar-refractivity contribution < 1.29 is 4.74 Å². The average Bonchev–Trinajstić information content (AvgIpc) is 2.19. The Labute approximate surface area is 86.8 Å². The van der Waals surface area contributed by atoms with Gasteiger partial charge >= 0.3 is 0 Å². The van der Waals surface area contributed by atoms with E-state index >= 15 is 0 Å². The van der Waals surface area contributed by atoms with Crippen LogP contribution >= 0.6 is 0 Å². The Morgan fingerprint density at radius 3 is 2.79 bits per heavy atom. The van der Waals surface area contributed by atoms with Gasteiger partial charge in [-0.15, -0.1) is 0 Å². The maximum absolute atomic E-state index is 5.58. The number of rotatable bonds is 2. The van der Waals surface area contributed by atoms with Gasteiger partial charge in [0.1, 0.15) is 0 Å². The second kappa shape index (κ2) is 4.60. The highest BCUT2D eigenvalue weighted by Crippen LogP contribution is 2.28. The molecular weight excluding hydrogens is 176 g/mol. The fourth-order valence-electron chi connectivity index (χ4n) is 2.53. The van der Waals surface area contributed by atoms with Crippen molar-refractivity contribution >= 4 is 0 Å². The van der Waals surface area contributed by atoms with E-state index in [-0.39, 0.29) is 0 Å². The predicted octanol–water partition coefficient (Wildman–Crippen LogP) is 0.708. The highest BCUT2D eigenvalue weighted by molar-refractivity contribution is 4.82. The van der Waals surface area contributed by atoms with Crippen LogP contribution in [0.2, 0.25) is 0 Å². The molecule has 14 heavy (non-hydrogen) atoms. The Morgan fingerprint density at radius 2 is 2.14 bits per heavy atom. The van der Waals surface area contributed by atoms with Gasteiger partial charge in [0, 0.05) is 44.7 Å².